The van der Waals surface area contributed by atoms with Crippen molar-refractivity contribution in [2.24, 2.45) is 5.92 Å². The van der Waals surface area contributed by atoms with Gasteiger partial charge in [-0.15, -0.1) is 0 Å². The summed E-state index contributed by atoms with van der Waals surface area (Å²) in [6, 6.07) is 17.9. The summed E-state index contributed by atoms with van der Waals surface area (Å²) in [5, 5.41) is 1.70. The number of para-hydroxylation sites is 1. The summed E-state index contributed by atoms with van der Waals surface area (Å²) in [6.45, 7) is 1.97. The number of amides is 2. The summed E-state index contributed by atoms with van der Waals surface area (Å²) < 4.78 is 5.18. The topological polar surface area (TPSA) is 72.0 Å². The van der Waals surface area contributed by atoms with Gasteiger partial charge in [0.1, 0.15) is 11.7 Å². The number of benzene rings is 2. The standard InChI is InChI=1S/C24H21N3O4/c1-15-6-3-4-8-19(15)27-21(16-7-5-13-25-14-16)20-22(31-27)24(29)26(23(20)28)17-9-11-18(30-2)12-10-17/h3-14,20-22H,1-2H3/t20-,21+,22+/m0/s1. The molecule has 1 aromatic heterocycles. The SMILES string of the molecule is COc1ccc(N2C(=O)[C@H]3[C@@H](c4cccnc4)N(c4ccccc4C)O[C@H]3C2=O)cc1. The molecule has 0 radical (unpaired) electrons. The van der Waals surface area contributed by atoms with Crippen molar-refractivity contribution in [3.05, 3.63) is 84.2 Å². The van der Waals surface area contributed by atoms with Gasteiger partial charge in [0.15, 0.2) is 6.10 Å². The minimum Gasteiger partial charge on any atom is -0.497 e. The zero-order valence-electron chi connectivity index (χ0n) is 17.1. The lowest BCUT2D eigenvalue weighted by Crippen LogP contribution is -2.37. The van der Waals surface area contributed by atoms with Crippen LogP contribution in [-0.2, 0) is 14.4 Å². The third kappa shape index (κ3) is 3.05. The number of carbonyl (C=O) groups is 2. The number of aromatic nitrogens is 1. The average Bonchev–Trinajstić information content (AvgIpc) is 3.31. The number of ether oxygens (including phenoxy) is 1. The van der Waals surface area contributed by atoms with Crippen LogP contribution in [0.2, 0.25) is 0 Å². The Hall–Kier alpha value is -3.71. The van der Waals surface area contributed by atoms with Crippen LogP contribution in [-0.4, -0.2) is 30.0 Å². The van der Waals surface area contributed by atoms with Crippen LogP contribution in [0.5, 0.6) is 5.75 Å². The van der Waals surface area contributed by atoms with Crippen molar-refractivity contribution in [1.82, 2.24) is 4.98 Å². The largest absolute Gasteiger partial charge is 0.497 e. The lowest BCUT2D eigenvalue weighted by atomic mass is 9.91. The molecule has 31 heavy (non-hydrogen) atoms. The molecule has 3 atom stereocenters. The Balaban J connectivity index is 1.57. The zero-order chi connectivity index (χ0) is 21.5. The fourth-order valence-electron chi connectivity index (χ4n) is 4.31. The highest BCUT2D eigenvalue weighted by molar-refractivity contribution is 6.23. The summed E-state index contributed by atoms with van der Waals surface area (Å²) in [7, 11) is 1.57. The Morgan fingerprint density at radius 2 is 1.74 bits per heavy atom. The maximum absolute atomic E-state index is 13.5. The number of hydrogen-bond acceptors (Lipinski definition) is 6. The van der Waals surface area contributed by atoms with Gasteiger partial charge in [-0.05, 0) is 54.4 Å². The van der Waals surface area contributed by atoms with Crippen LogP contribution in [0.1, 0.15) is 17.2 Å². The van der Waals surface area contributed by atoms with E-state index in [-0.39, 0.29) is 11.8 Å². The number of anilines is 2. The first-order chi connectivity index (χ1) is 15.1. The molecule has 2 aromatic carbocycles. The molecule has 2 saturated heterocycles. The molecule has 156 valence electrons. The van der Waals surface area contributed by atoms with E-state index in [1.807, 2.05) is 43.3 Å². The third-order valence-corrected chi connectivity index (χ3v) is 5.82. The Labute approximate surface area is 179 Å². The molecule has 2 aliphatic rings. The van der Waals surface area contributed by atoms with Crippen LogP contribution >= 0.6 is 0 Å². The van der Waals surface area contributed by atoms with Crippen LogP contribution < -0.4 is 14.7 Å². The second-order valence-electron chi connectivity index (χ2n) is 7.61. The number of nitrogens with zero attached hydrogens (tertiary/aromatic N) is 3. The van der Waals surface area contributed by atoms with Gasteiger partial charge >= 0.3 is 0 Å². The number of pyridine rings is 1. The molecule has 7 nitrogen and oxygen atoms in total. The van der Waals surface area contributed by atoms with Crippen molar-refractivity contribution in [3.8, 4) is 5.75 Å². The number of imide groups is 1. The number of rotatable bonds is 4. The summed E-state index contributed by atoms with van der Waals surface area (Å²) in [5.74, 6) is -0.688. The molecule has 2 aliphatic heterocycles. The second kappa shape index (κ2) is 7.52. The van der Waals surface area contributed by atoms with Gasteiger partial charge in [0.05, 0.1) is 24.5 Å². The smallest absolute Gasteiger partial charge is 0.266 e. The monoisotopic (exact) mass is 415 g/mol. The number of aryl methyl sites for hydroxylation is 1. The highest BCUT2D eigenvalue weighted by Crippen LogP contribution is 2.48. The number of carbonyl (C=O) groups excluding carboxylic acids is 2. The van der Waals surface area contributed by atoms with Crippen molar-refractivity contribution in [2.75, 3.05) is 17.1 Å². The first-order valence-corrected chi connectivity index (χ1v) is 10.0. The molecule has 3 heterocycles. The maximum Gasteiger partial charge on any atom is 0.266 e. The van der Waals surface area contributed by atoms with Gasteiger partial charge in [-0.1, -0.05) is 24.3 Å². The molecule has 0 aliphatic carbocycles. The predicted octanol–water partition coefficient (Wildman–Crippen LogP) is 3.45. The molecule has 0 spiro atoms. The number of methoxy groups -OCH3 is 1. The van der Waals surface area contributed by atoms with Crippen molar-refractivity contribution in [3.63, 3.8) is 0 Å². The number of hydrogen-bond donors (Lipinski definition) is 0. The van der Waals surface area contributed by atoms with Crippen molar-refractivity contribution < 1.29 is 19.2 Å². The van der Waals surface area contributed by atoms with E-state index in [0.29, 0.717) is 11.4 Å². The van der Waals surface area contributed by atoms with Crippen LogP contribution in [0.4, 0.5) is 11.4 Å². The molecule has 0 bridgehead atoms. The summed E-state index contributed by atoms with van der Waals surface area (Å²) in [6.07, 6.45) is 2.50. The predicted molar refractivity (Wildman–Crippen MR) is 114 cm³/mol. The van der Waals surface area contributed by atoms with Gasteiger partial charge in [-0.3, -0.25) is 19.4 Å². The van der Waals surface area contributed by atoms with Gasteiger partial charge in [-0.25, -0.2) is 9.96 Å². The molecule has 3 aromatic rings. The molecule has 2 fully saturated rings. The van der Waals surface area contributed by atoms with Gasteiger partial charge < -0.3 is 4.74 Å². The molecule has 2 amide bonds. The summed E-state index contributed by atoms with van der Waals surface area (Å²) in [5.41, 5.74) is 3.13. The van der Waals surface area contributed by atoms with Gasteiger partial charge in [0.2, 0.25) is 5.91 Å². The van der Waals surface area contributed by atoms with E-state index in [9.17, 15) is 9.59 Å². The Morgan fingerprint density at radius 3 is 2.42 bits per heavy atom. The van der Waals surface area contributed by atoms with Gasteiger partial charge in [0.25, 0.3) is 5.91 Å². The van der Waals surface area contributed by atoms with Crippen LogP contribution in [0, 0.1) is 12.8 Å². The van der Waals surface area contributed by atoms with E-state index in [0.717, 1.165) is 16.8 Å². The molecule has 0 unspecified atom stereocenters. The lowest BCUT2D eigenvalue weighted by Gasteiger charge is -2.29. The van der Waals surface area contributed by atoms with Crippen LogP contribution in [0.25, 0.3) is 0 Å². The Bertz CT molecular complexity index is 1130. The fourth-order valence-corrected chi connectivity index (χ4v) is 4.31. The van der Waals surface area contributed by atoms with E-state index in [2.05, 4.69) is 4.98 Å². The van der Waals surface area contributed by atoms with Crippen molar-refractivity contribution >= 4 is 23.2 Å². The zero-order valence-corrected chi connectivity index (χ0v) is 17.1. The van der Waals surface area contributed by atoms with E-state index in [1.54, 1.807) is 48.8 Å². The van der Waals surface area contributed by atoms with Crippen molar-refractivity contribution in [2.45, 2.75) is 19.1 Å². The third-order valence-electron chi connectivity index (χ3n) is 5.82. The van der Waals surface area contributed by atoms with Gasteiger partial charge in [-0.2, -0.15) is 0 Å². The van der Waals surface area contributed by atoms with Crippen molar-refractivity contribution in [1.29, 1.82) is 0 Å². The summed E-state index contributed by atoms with van der Waals surface area (Å²) in [4.78, 5) is 38.5. The Morgan fingerprint density at radius 1 is 0.968 bits per heavy atom. The molecular formula is C24H21N3O4. The summed E-state index contributed by atoms with van der Waals surface area (Å²) >= 11 is 0. The van der Waals surface area contributed by atoms with E-state index >= 15 is 0 Å². The first-order valence-electron chi connectivity index (χ1n) is 10.0. The molecule has 0 N–H and O–H groups in total. The highest BCUT2D eigenvalue weighted by Gasteiger charge is 2.60. The molecule has 5 rings (SSSR count). The average molecular weight is 415 g/mol. The van der Waals surface area contributed by atoms with E-state index in [1.165, 1.54) is 4.90 Å². The molecule has 0 saturated carbocycles. The maximum atomic E-state index is 13.5. The normalized spacial score (nSPS) is 22.7. The van der Waals surface area contributed by atoms with E-state index < -0.39 is 18.1 Å². The number of hydroxylamine groups is 1. The van der Waals surface area contributed by atoms with Crippen LogP contribution in [0.3, 0.4) is 0 Å². The van der Waals surface area contributed by atoms with Crippen LogP contribution in [0.15, 0.2) is 73.1 Å². The molecule has 7 heteroatoms. The second-order valence-corrected chi connectivity index (χ2v) is 7.61. The minimum absolute atomic E-state index is 0.287. The van der Waals surface area contributed by atoms with Gasteiger partial charge in [0, 0.05) is 12.4 Å². The lowest BCUT2D eigenvalue weighted by molar-refractivity contribution is -0.126. The quantitative estimate of drug-likeness (QED) is 0.608. The highest BCUT2D eigenvalue weighted by atomic mass is 16.7. The first kappa shape index (κ1) is 19.3. The fraction of sp³-hybridized carbons (Fsp3) is 0.208. The minimum atomic E-state index is -0.903. The Kier molecular flexibility index (Phi) is 4.67. The van der Waals surface area contributed by atoms with E-state index in [4.69, 9.17) is 9.57 Å². The number of fused-ring (bicyclic) bond motifs is 1. The molecular weight excluding hydrogens is 394 g/mol.